The number of nitro benzene ring substituents is 2. The molecule has 0 aliphatic heterocycles. The van der Waals surface area contributed by atoms with Gasteiger partial charge in [-0.2, -0.15) is 0 Å². The Morgan fingerprint density at radius 3 is 1.50 bits per heavy atom. The maximum Gasteiger partial charge on any atom is 0.278 e. The van der Waals surface area contributed by atoms with E-state index in [1.165, 1.54) is 45.4 Å². The zero-order valence-electron chi connectivity index (χ0n) is 19.5. The van der Waals surface area contributed by atoms with Gasteiger partial charge in [-0.3, -0.25) is 29.8 Å². The highest BCUT2D eigenvalue weighted by molar-refractivity contribution is 6.02. The van der Waals surface area contributed by atoms with Crippen molar-refractivity contribution in [2.75, 3.05) is 0 Å². The minimum atomic E-state index is -0.524. The standard InChI is InChI=1S/C28H16N4O6/c33-27-21-5-1-2-6-22(21)28(34)30-26(18-11-15-20(16-12-18)32(37)38)25(17-9-13-19(14-10-17)31(35)36)23-7-3-4-8-24(23)29(27)30/h1-16H. The van der Waals surface area contributed by atoms with Gasteiger partial charge >= 0.3 is 0 Å². The van der Waals surface area contributed by atoms with Crippen LogP contribution in [-0.4, -0.2) is 18.9 Å². The van der Waals surface area contributed by atoms with Crippen LogP contribution in [0.5, 0.6) is 0 Å². The van der Waals surface area contributed by atoms with Crippen LogP contribution in [0.4, 0.5) is 11.4 Å². The van der Waals surface area contributed by atoms with Crippen LogP contribution in [-0.2, 0) is 0 Å². The van der Waals surface area contributed by atoms with Crippen molar-refractivity contribution in [1.29, 1.82) is 0 Å². The average molecular weight is 504 g/mol. The second kappa shape index (κ2) is 8.49. The molecule has 38 heavy (non-hydrogen) atoms. The Hall–Kier alpha value is -5.64. The van der Waals surface area contributed by atoms with E-state index < -0.39 is 21.0 Å². The van der Waals surface area contributed by atoms with E-state index in [-0.39, 0.29) is 22.1 Å². The minimum absolute atomic E-state index is 0.102. The molecule has 0 fully saturated rings. The van der Waals surface area contributed by atoms with Crippen molar-refractivity contribution in [3.8, 4) is 22.4 Å². The smallest absolute Gasteiger partial charge is 0.267 e. The molecule has 0 bridgehead atoms. The van der Waals surface area contributed by atoms with Gasteiger partial charge in [-0.1, -0.05) is 30.3 Å². The van der Waals surface area contributed by atoms with Crippen molar-refractivity contribution in [1.82, 2.24) is 9.03 Å². The molecule has 0 radical (unpaired) electrons. The van der Waals surface area contributed by atoms with Crippen LogP contribution in [0.3, 0.4) is 0 Å². The molecule has 10 nitrogen and oxygen atoms in total. The van der Waals surface area contributed by atoms with Crippen molar-refractivity contribution in [2.45, 2.75) is 0 Å². The number of fused-ring (bicyclic) bond motifs is 4. The molecule has 0 aliphatic carbocycles. The Kier molecular flexibility index (Phi) is 5.09. The quantitative estimate of drug-likeness (QED) is 0.140. The Morgan fingerprint density at radius 1 is 0.526 bits per heavy atom. The summed E-state index contributed by atoms with van der Waals surface area (Å²) in [6, 6.07) is 25.2. The summed E-state index contributed by atoms with van der Waals surface area (Å²) in [6.45, 7) is 0. The average Bonchev–Trinajstić information content (AvgIpc) is 2.95. The number of hydrogen-bond donors (Lipinski definition) is 0. The van der Waals surface area contributed by atoms with Crippen LogP contribution in [0.25, 0.3) is 44.1 Å². The van der Waals surface area contributed by atoms with Crippen LogP contribution < -0.4 is 11.1 Å². The number of para-hydroxylation sites is 1. The van der Waals surface area contributed by atoms with Crippen molar-refractivity contribution < 1.29 is 9.85 Å². The first-order valence-electron chi connectivity index (χ1n) is 11.5. The molecule has 6 aromatic rings. The molecular formula is C28H16N4O6. The summed E-state index contributed by atoms with van der Waals surface area (Å²) in [5.74, 6) is 0. The number of benzene rings is 4. The van der Waals surface area contributed by atoms with Crippen molar-refractivity contribution in [3.63, 3.8) is 0 Å². The van der Waals surface area contributed by atoms with Crippen LogP contribution in [0.2, 0.25) is 0 Å². The third-order valence-corrected chi connectivity index (χ3v) is 6.54. The Bertz CT molecular complexity index is 2060. The molecule has 0 N–H and O–H groups in total. The van der Waals surface area contributed by atoms with E-state index in [4.69, 9.17) is 0 Å². The molecule has 0 saturated heterocycles. The van der Waals surface area contributed by atoms with Gasteiger partial charge in [0.05, 0.1) is 31.8 Å². The summed E-state index contributed by atoms with van der Waals surface area (Å²) in [7, 11) is 0. The van der Waals surface area contributed by atoms with Gasteiger partial charge in [-0.05, 0) is 48.0 Å². The SMILES string of the molecule is O=c1c2ccccc2c(=O)n2c3ccccc3c(-c3ccc([N+](=O)[O-])cc3)c(-c3ccc([N+](=O)[O-])cc3)n12. The summed E-state index contributed by atoms with van der Waals surface area (Å²) in [5.41, 5.74) is 1.23. The molecule has 0 amide bonds. The molecule has 6 rings (SSSR count). The summed E-state index contributed by atoms with van der Waals surface area (Å²) in [6.07, 6.45) is 0. The van der Waals surface area contributed by atoms with E-state index in [1.807, 2.05) is 0 Å². The van der Waals surface area contributed by atoms with Crippen molar-refractivity contribution in [2.24, 2.45) is 0 Å². The Balaban J connectivity index is 1.88. The number of aromatic nitrogens is 2. The number of nitrogens with zero attached hydrogens (tertiary/aromatic N) is 4. The molecule has 0 saturated carbocycles. The molecule has 0 spiro atoms. The predicted octanol–water partition coefficient (Wildman–Crippen LogP) is 5.22. The first-order valence-corrected chi connectivity index (χ1v) is 11.5. The number of rotatable bonds is 4. The highest BCUT2D eigenvalue weighted by atomic mass is 16.6. The minimum Gasteiger partial charge on any atom is -0.267 e. The predicted molar refractivity (Wildman–Crippen MR) is 143 cm³/mol. The molecule has 184 valence electrons. The molecule has 0 unspecified atom stereocenters. The molecule has 2 heterocycles. The van der Waals surface area contributed by atoms with Gasteiger partial charge in [0.2, 0.25) is 0 Å². The van der Waals surface area contributed by atoms with Gasteiger partial charge in [-0.15, -0.1) is 0 Å². The van der Waals surface area contributed by atoms with Crippen LogP contribution in [0.1, 0.15) is 0 Å². The van der Waals surface area contributed by atoms with Gasteiger partial charge in [-0.25, -0.2) is 9.03 Å². The van der Waals surface area contributed by atoms with E-state index in [0.29, 0.717) is 33.3 Å². The summed E-state index contributed by atoms with van der Waals surface area (Å²) in [4.78, 5) is 49.3. The molecule has 10 heteroatoms. The zero-order chi connectivity index (χ0) is 26.6. The number of nitro groups is 2. The first kappa shape index (κ1) is 22.8. The molecular weight excluding hydrogens is 488 g/mol. The van der Waals surface area contributed by atoms with Gasteiger partial charge in [0.1, 0.15) is 0 Å². The van der Waals surface area contributed by atoms with Crippen LogP contribution in [0.15, 0.2) is 107 Å². The fourth-order valence-electron chi connectivity index (χ4n) is 4.84. The molecule has 0 aliphatic rings. The molecule has 0 atom stereocenters. The van der Waals surface area contributed by atoms with Crippen LogP contribution in [0, 0.1) is 20.2 Å². The third-order valence-electron chi connectivity index (χ3n) is 6.54. The largest absolute Gasteiger partial charge is 0.278 e. The fourth-order valence-corrected chi connectivity index (χ4v) is 4.84. The first-order chi connectivity index (χ1) is 18.4. The maximum atomic E-state index is 14.0. The monoisotopic (exact) mass is 504 g/mol. The van der Waals surface area contributed by atoms with Crippen molar-refractivity contribution in [3.05, 3.63) is 138 Å². The second-order valence-electron chi connectivity index (χ2n) is 8.63. The lowest BCUT2D eigenvalue weighted by molar-refractivity contribution is -0.385. The topological polar surface area (TPSA) is 129 Å². The number of non-ortho nitro benzene ring substituents is 2. The zero-order valence-corrected chi connectivity index (χ0v) is 19.5. The van der Waals surface area contributed by atoms with E-state index in [1.54, 1.807) is 60.7 Å². The molecule has 2 aromatic heterocycles. The Labute approximate surface area is 212 Å². The third kappa shape index (κ3) is 3.35. The van der Waals surface area contributed by atoms with Crippen molar-refractivity contribution >= 4 is 33.1 Å². The van der Waals surface area contributed by atoms with Crippen LogP contribution >= 0.6 is 0 Å². The lowest BCUT2D eigenvalue weighted by atomic mass is 9.95. The van der Waals surface area contributed by atoms with Gasteiger partial charge in [0, 0.05) is 40.8 Å². The second-order valence-corrected chi connectivity index (χ2v) is 8.63. The van der Waals surface area contributed by atoms with Gasteiger partial charge in [0.15, 0.2) is 0 Å². The van der Waals surface area contributed by atoms with Gasteiger partial charge < -0.3 is 0 Å². The summed E-state index contributed by atoms with van der Waals surface area (Å²) in [5, 5.41) is 23.7. The fraction of sp³-hybridized carbons (Fsp3) is 0. The van der Waals surface area contributed by atoms with E-state index in [2.05, 4.69) is 0 Å². The lowest BCUT2D eigenvalue weighted by Gasteiger charge is -2.20. The maximum absolute atomic E-state index is 14.0. The number of hydrogen-bond acceptors (Lipinski definition) is 6. The molecule has 4 aromatic carbocycles. The lowest BCUT2D eigenvalue weighted by Crippen LogP contribution is -2.32. The summed E-state index contributed by atoms with van der Waals surface area (Å²) >= 11 is 0. The van der Waals surface area contributed by atoms with Gasteiger partial charge in [0.25, 0.3) is 22.5 Å². The Morgan fingerprint density at radius 2 is 0.974 bits per heavy atom. The van der Waals surface area contributed by atoms with E-state index in [9.17, 15) is 29.8 Å². The van der Waals surface area contributed by atoms with E-state index >= 15 is 0 Å². The highest BCUT2D eigenvalue weighted by Crippen LogP contribution is 2.38. The highest BCUT2D eigenvalue weighted by Gasteiger charge is 2.22. The van der Waals surface area contributed by atoms with E-state index in [0.717, 1.165) is 0 Å². The normalized spacial score (nSPS) is 11.3. The summed E-state index contributed by atoms with van der Waals surface area (Å²) < 4.78 is 2.59.